The summed E-state index contributed by atoms with van der Waals surface area (Å²) in [5.74, 6) is 1.64. The van der Waals surface area contributed by atoms with Crippen molar-refractivity contribution < 1.29 is 9.53 Å². The highest BCUT2D eigenvalue weighted by atomic mass is 32.2. The maximum absolute atomic E-state index is 11.5. The van der Waals surface area contributed by atoms with Gasteiger partial charge in [0.1, 0.15) is 16.9 Å². The maximum Gasteiger partial charge on any atom is 0.217 e. The van der Waals surface area contributed by atoms with E-state index in [0.29, 0.717) is 34.6 Å². The standard InChI is InChI=1S/C25H28N4O2S/c1-16(2)14-31-24-11-8-18(12-20(24)13-26)25(29-27-4)32-15-19-6-5-7-22-21(19)9-10-23(22)28-17(3)30/h5-8,11-12,16,23H,4,9-10,14-15H2,1-3H3,(H,28,30)/b29-25-. The highest BCUT2D eigenvalue weighted by Crippen LogP contribution is 2.35. The number of nitriles is 1. The minimum absolute atomic E-state index is 0.0109. The zero-order valence-electron chi connectivity index (χ0n) is 18.7. The summed E-state index contributed by atoms with van der Waals surface area (Å²) in [6, 6.07) is 14.0. The number of ether oxygens (including phenoxy) is 1. The van der Waals surface area contributed by atoms with E-state index in [2.05, 4.69) is 54.3 Å². The number of nitrogens with zero attached hydrogens (tertiary/aromatic N) is 3. The van der Waals surface area contributed by atoms with Gasteiger partial charge in [-0.1, -0.05) is 43.8 Å². The first-order valence-corrected chi connectivity index (χ1v) is 11.6. The molecule has 166 valence electrons. The monoisotopic (exact) mass is 448 g/mol. The van der Waals surface area contributed by atoms with E-state index in [1.807, 2.05) is 18.2 Å². The number of benzene rings is 2. The molecule has 6 nitrogen and oxygen atoms in total. The second-order valence-corrected chi connectivity index (χ2v) is 9.10. The Morgan fingerprint density at radius 3 is 2.88 bits per heavy atom. The summed E-state index contributed by atoms with van der Waals surface area (Å²) < 4.78 is 5.77. The van der Waals surface area contributed by atoms with E-state index in [0.717, 1.165) is 18.4 Å². The Labute approximate surface area is 193 Å². The molecular weight excluding hydrogens is 420 g/mol. The molecule has 0 radical (unpaired) electrons. The van der Waals surface area contributed by atoms with Gasteiger partial charge in [-0.3, -0.25) is 4.79 Å². The van der Waals surface area contributed by atoms with Crippen molar-refractivity contribution in [1.29, 1.82) is 5.26 Å². The number of nitrogens with one attached hydrogen (secondary N) is 1. The van der Waals surface area contributed by atoms with E-state index in [1.165, 1.54) is 16.7 Å². The van der Waals surface area contributed by atoms with Crippen molar-refractivity contribution in [2.45, 2.75) is 45.4 Å². The lowest BCUT2D eigenvalue weighted by molar-refractivity contribution is -0.119. The van der Waals surface area contributed by atoms with Crippen LogP contribution in [0.15, 0.2) is 46.6 Å². The number of thioether (sulfide) groups is 1. The molecule has 7 heteroatoms. The molecule has 0 spiro atoms. The molecule has 1 atom stereocenters. The van der Waals surface area contributed by atoms with Crippen LogP contribution in [0.3, 0.4) is 0 Å². The minimum Gasteiger partial charge on any atom is -0.492 e. The van der Waals surface area contributed by atoms with Crippen LogP contribution in [0.2, 0.25) is 0 Å². The molecule has 2 aromatic carbocycles. The number of fused-ring (bicyclic) bond motifs is 1. The Bertz CT molecular complexity index is 1070. The minimum atomic E-state index is -0.0109. The Hall–Kier alpha value is -3.11. The lowest BCUT2D eigenvalue weighted by atomic mass is 10.0. The number of hydrogen-bond donors (Lipinski definition) is 1. The smallest absolute Gasteiger partial charge is 0.217 e. The Morgan fingerprint density at radius 1 is 1.38 bits per heavy atom. The largest absolute Gasteiger partial charge is 0.492 e. The third kappa shape index (κ3) is 5.77. The molecule has 1 unspecified atom stereocenters. The third-order valence-corrected chi connectivity index (χ3v) is 6.24. The van der Waals surface area contributed by atoms with Crippen molar-refractivity contribution >= 4 is 29.4 Å². The van der Waals surface area contributed by atoms with E-state index >= 15 is 0 Å². The topological polar surface area (TPSA) is 86.8 Å². The molecule has 3 rings (SSSR count). The van der Waals surface area contributed by atoms with Crippen LogP contribution in [0, 0.1) is 17.2 Å². The zero-order valence-corrected chi connectivity index (χ0v) is 19.5. The Kier molecular flexibility index (Phi) is 8.07. The number of amides is 1. The fourth-order valence-corrected chi connectivity index (χ4v) is 4.75. The summed E-state index contributed by atoms with van der Waals surface area (Å²) in [7, 11) is 0. The van der Waals surface area contributed by atoms with E-state index < -0.39 is 0 Å². The summed E-state index contributed by atoms with van der Waals surface area (Å²) in [6.07, 6.45) is 1.85. The average molecular weight is 449 g/mol. The van der Waals surface area contributed by atoms with Gasteiger partial charge in [0.15, 0.2) is 0 Å². The van der Waals surface area contributed by atoms with Crippen molar-refractivity contribution in [2.75, 3.05) is 6.61 Å². The van der Waals surface area contributed by atoms with Gasteiger partial charge in [-0.05, 0) is 53.6 Å². The first-order chi connectivity index (χ1) is 15.4. The molecule has 0 saturated carbocycles. The molecule has 0 fully saturated rings. The van der Waals surface area contributed by atoms with Crippen molar-refractivity contribution in [1.82, 2.24) is 5.32 Å². The van der Waals surface area contributed by atoms with Crippen molar-refractivity contribution in [3.63, 3.8) is 0 Å². The molecule has 0 aliphatic heterocycles. The Balaban J connectivity index is 1.79. The quantitative estimate of drug-likeness (QED) is 0.349. The molecule has 1 aliphatic rings. The van der Waals surface area contributed by atoms with Crippen LogP contribution in [-0.2, 0) is 17.0 Å². The SMILES string of the molecule is C=N/N=C(\SCc1cccc2c1CCC2NC(C)=O)c1ccc(OCC(C)C)c(C#N)c1. The van der Waals surface area contributed by atoms with Crippen LogP contribution in [0.4, 0.5) is 0 Å². The predicted octanol–water partition coefficient (Wildman–Crippen LogP) is 5.01. The van der Waals surface area contributed by atoms with E-state index in [9.17, 15) is 10.1 Å². The molecule has 1 aliphatic carbocycles. The highest BCUT2D eigenvalue weighted by Gasteiger charge is 2.25. The van der Waals surface area contributed by atoms with Gasteiger partial charge >= 0.3 is 0 Å². The summed E-state index contributed by atoms with van der Waals surface area (Å²) >= 11 is 1.56. The van der Waals surface area contributed by atoms with Gasteiger partial charge < -0.3 is 10.1 Å². The van der Waals surface area contributed by atoms with Gasteiger partial charge in [0.25, 0.3) is 0 Å². The third-order valence-electron chi connectivity index (χ3n) is 5.19. The van der Waals surface area contributed by atoms with Gasteiger partial charge in [-0.2, -0.15) is 10.4 Å². The Morgan fingerprint density at radius 2 is 2.19 bits per heavy atom. The number of carbonyl (C=O) groups is 1. The molecule has 0 bridgehead atoms. The predicted molar refractivity (Wildman–Crippen MR) is 130 cm³/mol. The van der Waals surface area contributed by atoms with Gasteiger partial charge in [0, 0.05) is 25.0 Å². The second-order valence-electron chi connectivity index (χ2n) is 8.14. The number of hydrogen-bond acceptors (Lipinski definition) is 6. The maximum atomic E-state index is 11.5. The molecule has 0 saturated heterocycles. The van der Waals surface area contributed by atoms with Crippen LogP contribution in [0.5, 0.6) is 5.75 Å². The van der Waals surface area contributed by atoms with E-state index in [4.69, 9.17) is 4.74 Å². The van der Waals surface area contributed by atoms with Crippen LogP contribution in [0.1, 0.15) is 61.1 Å². The summed E-state index contributed by atoms with van der Waals surface area (Å²) in [6.45, 7) is 9.74. The number of carbonyl (C=O) groups excluding carboxylic acids is 1. The molecule has 2 aromatic rings. The van der Waals surface area contributed by atoms with E-state index in [-0.39, 0.29) is 11.9 Å². The highest BCUT2D eigenvalue weighted by molar-refractivity contribution is 8.13. The van der Waals surface area contributed by atoms with E-state index in [1.54, 1.807) is 24.8 Å². The first-order valence-electron chi connectivity index (χ1n) is 10.6. The van der Waals surface area contributed by atoms with Gasteiger partial charge in [0.05, 0.1) is 18.2 Å². The van der Waals surface area contributed by atoms with Gasteiger partial charge in [-0.25, -0.2) is 0 Å². The van der Waals surface area contributed by atoms with Crippen molar-refractivity contribution in [3.05, 3.63) is 64.2 Å². The van der Waals surface area contributed by atoms with Gasteiger partial charge in [0.2, 0.25) is 5.91 Å². The fourth-order valence-electron chi connectivity index (χ4n) is 3.77. The average Bonchev–Trinajstić information content (AvgIpc) is 3.17. The molecule has 0 heterocycles. The molecule has 1 N–H and O–H groups in total. The van der Waals surface area contributed by atoms with Gasteiger partial charge in [-0.15, -0.1) is 5.10 Å². The normalized spacial score (nSPS) is 15.2. The summed E-state index contributed by atoms with van der Waals surface area (Å²) in [5.41, 5.74) is 4.98. The lowest BCUT2D eigenvalue weighted by Gasteiger charge is -2.14. The molecular formula is C25H28N4O2S. The molecule has 1 amide bonds. The lowest BCUT2D eigenvalue weighted by Crippen LogP contribution is -2.24. The fraction of sp³-hybridized carbons (Fsp3) is 0.360. The molecule has 32 heavy (non-hydrogen) atoms. The van der Waals surface area contributed by atoms with Crippen molar-refractivity contribution in [3.8, 4) is 11.8 Å². The second kappa shape index (κ2) is 11.0. The van der Waals surface area contributed by atoms with Crippen LogP contribution in [-0.4, -0.2) is 24.3 Å². The number of rotatable bonds is 8. The van der Waals surface area contributed by atoms with Crippen LogP contribution >= 0.6 is 11.8 Å². The first kappa shape index (κ1) is 23.6. The van der Waals surface area contributed by atoms with Crippen LogP contribution < -0.4 is 10.1 Å². The summed E-state index contributed by atoms with van der Waals surface area (Å²) in [4.78, 5) is 11.5. The zero-order chi connectivity index (χ0) is 23.1. The molecule has 0 aromatic heterocycles. The van der Waals surface area contributed by atoms with Crippen LogP contribution in [0.25, 0.3) is 0 Å². The van der Waals surface area contributed by atoms with Crippen molar-refractivity contribution in [2.24, 2.45) is 16.1 Å². The summed E-state index contributed by atoms with van der Waals surface area (Å²) in [5, 5.41) is 21.3.